The van der Waals surface area contributed by atoms with Crippen molar-refractivity contribution in [3.05, 3.63) is 83.6 Å². The predicted octanol–water partition coefficient (Wildman–Crippen LogP) is 3.60. The standard InChI is InChI=1S/C21H21NO4/c1-15-12-19(23)18(20(24)17-10-6-3-7-11-17)13-22(15)21(25)26-14-16-8-4-2-5-9-16/h2-11,13,15,20,24H,12,14H2,1H3. The van der Waals surface area contributed by atoms with E-state index in [1.54, 1.807) is 31.2 Å². The van der Waals surface area contributed by atoms with Gasteiger partial charge in [-0.25, -0.2) is 4.79 Å². The Hall–Kier alpha value is -2.92. The number of rotatable bonds is 4. The summed E-state index contributed by atoms with van der Waals surface area (Å²) < 4.78 is 5.36. The van der Waals surface area contributed by atoms with E-state index >= 15 is 0 Å². The lowest BCUT2D eigenvalue weighted by molar-refractivity contribution is -0.118. The summed E-state index contributed by atoms with van der Waals surface area (Å²) in [6, 6.07) is 18.0. The zero-order valence-corrected chi connectivity index (χ0v) is 14.5. The number of hydrogen-bond acceptors (Lipinski definition) is 4. The second-order valence-electron chi connectivity index (χ2n) is 6.32. The number of aliphatic hydroxyl groups is 1. The second-order valence-corrected chi connectivity index (χ2v) is 6.32. The Labute approximate surface area is 152 Å². The minimum Gasteiger partial charge on any atom is -0.444 e. The number of ether oxygens (including phenoxy) is 1. The van der Waals surface area contributed by atoms with Gasteiger partial charge in [-0.15, -0.1) is 0 Å². The third-order valence-electron chi connectivity index (χ3n) is 4.38. The van der Waals surface area contributed by atoms with Gasteiger partial charge >= 0.3 is 6.09 Å². The zero-order chi connectivity index (χ0) is 18.5. The Kier molecular flexibility index (Phi) is 5.49. The normalized spacial score (nSPS) is 18.2. The summed E-state index contributed by atoms with van der Waals surface area (Å²) >= 11 is 0. The molecule has 0 radical (unpaired) electrons. The van der Waals surface area contributed by atoms with E-state index in [9.17, 15) is 14.7 Å². The van der Waals surface area contributed by atoms with Crippen molar-refractivity contribution in [3.63, 3.8) is 0 Å². The molecule has 0 saturated heterocycles. The smallest absolute Gasteiger partial charge is 0.414 e. The first-order valence-corrected chi connectivity index (χ1v) is 8.53. The molecule has 0 saturated carbocycles. The average molecular weight is 351 g/mol. The van der Waals surface area contributed by atoms with Crippen LogP contribution in [0.4, 0.5) is 4.79 Å². The Morgan fingerprint density at radius 2 is 1.77 bits per heavy atom. The van der Waals surface area contributed by atoms with Crippen molar-refractivity contribution in [2.75, 3.05) is 0 Å². The largest absolute Gasteiger partial charge is 0.444 e. The van der Waals surface area contributed by atoms with Crippen LogP contribution in [0.3, 0.4) is 0 Å². The second kappa shape index (κ2) is 7.97. The Balaban J connectivity index is 1.76. The first-order valence-electron chi connectivity index (χ1n) is 8.53. The number of hydrogen-bond donors (Lipinski definition) is 1. The van der Waals surface area contributed by atoms with Crippen molar-refractivity contribution in [3.8, 4) is 0 Å². The molecular formula is C21H21NO4. The van der Waals surface area contributed by atoms with Gasteiger partial charge in [-0.05, 0) is 18.1 Å². The van der Waals surface area contributed by atoms with E-state index in [1.807, 2.05) is 36.4 Å². The molecule has 1 heterocycles. The molecule has 1 aliphatic heterocycles. The number of carbonyl (C=O) groups is 2. The van der Waals surface area contributed by atoms with Crippen LogP contribution in [0.5, 0.6) is 0 Å². The molecule has 5 heteroatoms. The molecule has 2 atom stereocenters. The number of amides is 1. The zero-order valence-electron chi connectivity index (χ0n) is 14.5. The molecule has 2 aromatic carbocycles. The topological polar surface area (TPSA) is 66.8 Å². The summed E-state index contributed by atoms with van der Waals surface area (Å²) in [5.74, 6) is -0.166. The Bertz CT molecular complexity index is 801. The van der Waals surface area contributed by atoms with E-state index in [4.69, 9.17) is 4.74 Å². The van der Waals surface area contributed by atoms with E-state index < -0.39 is 12.2 Å². The molecule has 0 fully saturated rings. The Morgan fingerprint density at radius 1 is 1.15 bits per heavy atom. The fraction of sp³-hybridized carbons (Fsp3) is 0.238. The molecule has 5 nitrogen and oxygen atoms in total. The molecule has 1 amide bonds. The fourth-order valence-electron chi connectivity index (χ4n) is 2.90. The minimum atomic E-state index is -1.07. The van der Waals surface area contributed by atoms with Gasteiger partial charge in [-0.1, -0.05) is 60.7 Å². The number of benzene rings is 2. The van der Waals surface area contributed by atoms with Crippen LogP contribution in [-0.4, -0.2) is 27.9 Å². The molecule has 2 aromatic rings. The predicted molar refractivity (Wildman–Crippen MR) is 97.0 cm³/mol. The van der Waals surface area contributed by atoms with Gasteiger partial charge in [0.1, 0.15) is 12.7 Å². The molecular weight excluding hydrogens is 330 g/mol. The number of Topliss-reactive ketones (excluding diaryl/α,β-unsaturated/α-hetero) is 1. The third-order valence-corrected chi connectivity index (χ3v) is 4.38. The van der Waals surface area contributed by atoms with Gasteiger partial charge in [0, 0.05) is 24.2 Å². The molecule has 26 heavy (non-hydrogen) atoms. The maximum absolute atomic E-state index is 12.5. The summed E-state index contributed by atoms with van der Waals surface area (Å²) in [6.45, 7) is 1.94. The summed E-state index contributed by atoms with van der Waals surface area (Å²) in [4.78, 5) is 26.2. The molecule has 134 valence electrons. The summed E-state index contributed by atoms with van der Waals surface area (Å²) in [5, 5.41) is 10.5. The minimum absolute atomic E-state index is 0.149. The van der Waals surface area contributed by atoms with Crippen molar-refractivity contribution in [1.82, 2.24) is 4.90 Å². The van der Waals surface area contributed by atoms with Gasteiger partial charge < -0.3 is 9.84 Å². The average Bonchev–Trinajstić information content (AvgIpc) is 2.67. The molecule has 0 aromatic heterocycles. The molecule has 2 unspecified atom stereocenters. The van der Waals surface area contributed by atoms with E-state index in [1.165, 1.54) is 11.1 Å². The number of nitrogens with zero attached hydrogens (tertiary/aromatic N) is 1. The highest BCUT2D eigenvalue weighted by atomic mass is 16.6. The lowest BCUT2D eigenvalue weighted by Crippen LogP contribution is -2.41. The molecule has 0 aliphatic carbocycles. The molecule has 1 aliphatic rings. The van der Waals surface area contributed by atoms with Crippen LogP contribution in [0.25, 0.3) is 0 Å². The maximum Gasteiger partial charge on any atom is 0.414 e. The van der Waals surface area contributed by atoms with Crippen molar-refractivity contribution in [2.24, 2.45) is 0 Å². The van der Waals surface area contributed by atoms with Gasteiger partial charge in [0.2, 0.25) is 0 Å². The molecule has 3 rings (SSSR count). The van der Waals surface area contributed by atoms with Crippen LogP contribution >= 0.6 is 0 Å². The lowest BCUT2D eigenvalue weighted by Gasteiger charge is -2.31. The quantitative estimate of drug-likeness (QED) is 0.914. The van der Waals surface area contributed by atoms with Gasteiger partial charge in [-0.2, -0.15) is 0 Å². The van der Waals surface area contributed by atoms with Crippen LogP contribution in [-0.2, 0) is 16.1 Å². The van der Waals surface area contributed by atoms with Crippen LogP contribution < -0.4 is 0 Å². The molecule has 0 spiro atoms. The van der Waals surface area contributed by atoms with Gasteiger partial charge in [0.15, 0.2) is 5.78 Å². The summed E-state index contributed by atoms with van der Waals surface area (Å²) in [6.07, 6.45) is -0.0373. The number of carbonyl (C=O) groups excluding carboxylic acids is 2. The van der Waals surface area contributed by atoms with E-state index in [0.29, 0.717) is 5.56 Å². The van der Waals surface area contributed by atoms with Gasteiger partial charge in [0.25, 0.3) is 0 Å². The third kappa shape index (κ3) is 4.00. The summed E-state index contributed by atoms with van der Waals surface area (Å²) in [5.41, 5.74) is 1.69. The SMILES string of the molecule is CC1CC(=O)C(C(O)c2ccccc2)=CN1C(=O)OCc1ccccc1. The van der Waals surface area contributed by atoms with Gasteiger partial charge in [-0.3, -0.25) is 9.69 Å². The number of aliphatic hydroxyl groups excluding tert-OH is 1. The Morgan fingerprint density at radius 3 is 2.42 bits per heavy atom. The van der Waals surface area contributed by atoms with Crippen LogP contribution in [0.1, 0.15) is 30.6 Å². The van der Waals surface area contributed by atoms with Crippen molar-refractivity contribution in [2.45, 2.75) is 32.1 Å². The van der Waals surface area contributed by atoms with Crippen LogP contribution in [0, 0.1) is 0 Å². The highest BCUT2D eigenvalue weighted by Crippen LogP contribution is 2.29. The van der Waals surface area contributed by atoms with Crippen LogP contribution in [0.15, 0.2) is 72.4 Å². The van der Waals surface area contributed by atoms with Crippen molar-refractivity contribution in [1.29, 1.82) is 0 Å². The highest BCUT2D eigenvalue weighted by Gasteiger charge is 2.32. The first-order chi connectivity index (χ1) is 12.6. The van der Waals surface area contributed by atoms with E-state index in [2.05, 4.69) is 0 Å². The lowest BCUT2D eigenvalue weighted by atomic mass is 9.92. The highest BCUT2D eigenvalue weighted by molar-refractivity contribution is 5.98. The van der Waals surface area contributed by atoms with Gasteiger partial charge in [0.05, 0.1) is 0 Å². The first kappa shape index (κ1) is 17.9. The summed E-state index contributed by atoms with van der Waals surface area (Å²) in [7, 11) is 0. The van der Waals surface area contributed by atoms with E-state index in [0.717, 1.165) is 5.56 Å². The molecule has 1 N–H and O–H groups in total. The number of ketones is 1. The monoisotopic (exact) mass is 351 g/mol. The van der Waals surface area contributed by atoms with Crippen molar-refractivity contribution >= 4 is 11.9 Å². The molecule has 0 bridgehead atoms. The fourth-order valence-corrected chi connectivity index (χ4v) is 2.90. The maximum atomic E-state index is 12.5. The van der Waals surface area contributed by atoms with Crippen molar-refractivity contribution < 1.29 is 19.4 Å². The van der Waals surface area contributed by atoms with Crippen LogP contribution in [0.2, 0.25) is 0 Å². The van der Waals surface area contributed by atoms with E-state index in [-0.39, 0.29) is 30.4 Å².